The van der Waals surface area contributed by atoms with Crippen molar-refractivity contribution in [1.29, 1.82) is 0 Å². The molecule has 1 aromatic heterocycles. The molecule has 0 radical (unpaired) electrons. The second-order valence-corrected chi connectivity index (χ2v) is 5.34. The third-order valence-electron chi connectivity index (χ3n) is 3.73. The first-order valence-corrected chi connectivity index (χ1v) is 7.29. The normalized spacial score (nSPS) is 16.3. The summed E-state index contributed by atoms with van der Waals surface area (Å²) in [6.45, 7) is 7.27. The Morgan fingerprint density at radius 1 is 1.50 bits per heavy atom. The largest absolute Gasteiger partial charge is 0.364 e. The molecule has 0 unspecified atom stereocenters. The summed E-state index contributed by atoms with van der Waals surface area (Å²) >= 11 is 0. The van der Waals surface area contributed by atoms with Gasteiger partial charge in [-0.3, -0.25) is 10.1 Å². The lowest BCUT2D eigenvalue weighted by Gasteiger charge is -2.23. The number of hydrogen-bond acceptors (Lipinski definition) is 5. The van der Waals surface area contributed by atoms with Gasteiger partial charge in [-0.2, -0.15) is 5.10 Å². The average Bonchev–Trinajstić information content (AvgIpc) is 2.74. The highest BCUT2D eigenvalue weighted by molar-refractivity contribution is 5.59. The molecule has 0 atom stereocenters. The van der Waals surface area contributed by atoms with E-state index in [1.165, 1.54) is 0 Å². The van der Waals surface area contributed by atoms with E-state index < -0.39 is 0 Å². The number of anilines is 1. The Morgan fingerprint density at radius 2 is 2.20 bits per heavy atom. The third kappa shape index (κ3) is 3.27. The average molecular weight is 281 g/mol. The second-order valence-electron chi connectivity index (χ2n) is 5.34. The van der Waals surface area contributed by atoms with Gasteiger partial charge in [-0.05, 0) is 45.2 Å². The van der Waals surface area contributed by atoms with Crippen LogP contribution in [-0.4, -0.2) is 34.3 Å². The predicted octanol–water partition coefficient (Wildman–Crippen LogP) is 1.92. The summed E-state index contributed by atoms with van der Waals surface area (Å²) in [5, 5.41) is 22.1. The van der Waals surface area contributed by atoms with Crippen molar-refractivity contribution in [2.75, 3.05) is 25.0 Å². The van der Waals surface area contributed by atoms with Gasteiger partial charge in [0.2, 0.25) is 5.82 Å². The Balaban J connectivity index is 2.12. The van der Waals surface area contributed by atoms with E-state index in [4.69, 9.17) is 0 Å². The van der Waals surface area contributed by atoms with Crippen LogP contribution in [0.3, 0.4) is 0 Å². The number of piperidine rings is 1. The highest BCUT2D eigenvalue weighted by Gasteiger charge is 2.25. The van der Waals surface area contributed by atoms with Crippen molar-refractivity contribution < 1.29 is 4.92 Å². The van der Waals surface area contributed by atoms with Crippen LogP contribution in [0.4, 0.5) is 11.5 Å². The molecule has 2 rings (SSSR count). The first kappa shape index (κ1) is 14.8. The van der Waals surface area contributed by atoms with Gasteiger partial charge in [0.25, 0.3) is 0 Å². The number of rotatable bonds is 6. The lowest BCUT2D eigenvalue weighted by molar-refractivity contribution is -0.384. The molecular formula is C13H23N5O2. The van der Waals surface area contributed by atoms with Crippen molar-refractivity contribution in [2.45, 2.75) is 39.7 Å². The van der Waals surface area contributed by atoms with Crippen molar-refractivity contribution in [3.8, 4) is 0 Å². The zero-order chi connectivity index (χ0) is 14.5. The van der Waals surface area contributed by atoms with Crippen LogP contribution < -0.4 is 10.6 Å². The lowest BCUT2D eigenvalue weighted by Crippen LogP contribution is -2.31. The van der Waals surface area contributed by atoms with E-state index in [9.17, 15) is 10.1 Å². The third-order valence-corrected chi connectivity index (χ3v) is 3.73. The second kappa shape index (κ2) is 6.69. The summed E-state index contributed by atoms with van der Waals surface area (Å²) in [7, 11) is 0. The quantitative estimate of drug-likeness (QED) is 0.614. The molecule has 0 amide bonds. The van der Waals surface area contributed by atoms with E-state index in [1.807, 2.05) is 6.92 Å². The zero-order valence-electron chi connectivity index (χ0n) is 12.2. The standard InChI is InChI=1S/C13H23N5O2/c1-3-8-17-13(12(18(19)20)10(2)16-17)15-9-11-4-6-14-7-5-11/h11,14-15H,3-9H2,1-2H3. The van der Waals surface area contributed by atoms with E-state index >= 15 is 0 Å². The predicted molar refractivity (Wildman–Crippen MR) is 78.0 cm³/mol. The Kier molecular flexibility index (Phi) is 4.94. The minimum absolute atomic E-state index is 0.118. The molecule has 1 aliphatic heterocycles. The fourth-order valence-electron chi connectivity index (χ4n) is 2.67. The van der Waals surface area contributed by atoms with Crippen LogP contribution in [0, 0.1) is 23.0 Å². The molecule has 0 bridgehead atoms. The van der Waals surface area contributed by atoms with Crippen LogP contribution in [0.25, 0.3) is 0 Å². The van der Waals surface area contributed by atoms with Crippen LogP contribution in [0.15, 0.2) is 0 Å². The summed E-state index contributed by atoms with van der Waals surface area (Å²) in [6.07, 6.45) is 3.13. The van der Waals surface area contributed by atoms with Gasteiger partial charge in [0.15, 0.2) is 0 Å². The summed E-state index contributed by atoms with van der Waals surface area (Å²) in [5.74, 6) is 1.13. The highest BCUT2D eigenvalue weighted by atomic mass is 16.6. The van der Waals surface area contributed by atoms with Crippen molar-refractivity contribution in [2.24, 2.45) is 5.92 Å². The lowest BCUT2D eigenvalue weighted by atomic mass is 9.98. The topological polar surface area (TPSA) is 85.0 Å². The van der Waals surface area contributed by atoms with Crippen molar-refractivity contribution in [3.63, 3.8) is 0 Å². The Hall–Kier alpha value is -1.63. The molecule has 1 saturated heterocycles. The van der Waals surface area contributed by atoms with E-state index in [-0.39, 0.29) is 10.6 Å². The van der Waals surface area contributed by atoms with E-state index in [0.29, 0.717) is 24.0 Å². The van der Waals surface area contributed by atoms with Crippen LogP contribution in [0.5, 0.6) is 0 Å². The van der Waals surface area contributed by atoms with Crippen LogP contribution in [0.2, 0.25) is 0 Å². The highest BCUT2D eigenvalue weighted by Crippen LogP contribution is 2.29. The Labute approximate surface area is 118 Å². The number of nitrogens with zero attached hydrogens (tertiary/aromatic N) is 3. The molecule has 20 heavy (non-hydrogen) atoms. The summed E-state index contributed by atoms with van der Waals surface area (Å²) in [6, 6.07) is 0. The molecule has 2 N–H and O–H groups in total. The summed E-state index contributed by atoms with van der Waals surface area (Å²) in [5.41, 5.74) is 0.601. The minimum atomic E-state index is -0.334. The molecule has 0 aromatic carbocycles. The van der Waals surface area contributed by atoms with E-state index in [1.54, 1.807) is 11.6 Å². The van der Waals surface area contributed by atoms with Crippen molar-refractivity contribution in [3.05, 3.63) is 15.8 Å². The Morgan fingerprint density at radius 3 is 2.80 bits per heavy atom. The maximum Gasteiger partial charge on any atom is 0.333 e. The SMILES string of the molecule is CCCn1nc(C)c([N+](=O)[O-])c1NCC1CCNCC1. The van der Waals surface area contributed by atoms with Gasteiger partial charge in [0, 0.05) is 13.1 Å². The van der Waals surface area contributed by atoms with Gasteiger partial charge < -0.3 is 10.6 Å². The fourth-order valence-corrected chi connectivity index (χ4v) is 2.67. The van der Waals surface area contributed by atoms with Gasteiger partial charge in [0.1, 0.15) is 5.69 Å². The molecule has 112 valence electrons. The van der Waals surface area contributed by atoms with Crippen LogP contribution >= 0.6 is 0 Å². The first-order chi connectivity index (χ1) is 9.63. The van der Waals surface area contributed by atoms with Gasteiger partial charge in [0.05, 0.1) is 4.92 Å². The molecule has 0 aliphatic carbocycles. The molecular weight excluding hydrogens is 258 g/mol. The molecule has 1 aromatic rings. The fraction of sp³-hybridized carbons (Fsp3) is 0.769. The van der Waals surface area contributed by atoms with Gasteiger partial charge >= 0.3 is 5.69 Å². The van der Waals surface area contributed by atoms with E-state index in [0.717, 1.165) is 38.9 Å². The van der Waals surface area contributed by atoms with Crippen LogP contribution in [0.1, 0.15) is 31.9 Å². The van der Waals surface area contributed by atoms with Crippen LogP contribution in [-0.2, 0) is 6.54 Å². The molecule has 1 fully saturated rings. The Bertz CT molecular complexity index is 466. The van der Waals surface area contributed by atoms with E-state index in [2.05, 4.69) is 15.7 Å². The first-order valence-electron chi connectivity index (χ1n) is 7.29. The zero-order valence-corrected chi connectivity index (χ0v) is 12.2. The number of hydrogen-bond donors (Lipinski definition) is 2. The van der Waals surface area contributed by atoms with Gasteiger partial charge in [-0.1, -0.05) is 6.92 Å². The molecule has 0 spiro atoms. The van der Waals surface area contributed by atoms with Crippen molar-refractivity contribution >= 4 is 11.5 Å². The summed E-state index contributed by atoms with van der Waals surface area (Å²) in [4.78, 5) is 10.9. The number of aromatic nitrogens is 2. The molecule has 0 saturated carbocycles. The molecule has 7 nitrogen and oxygen atoms in total. The monoisotopic (exact) mass is 281 g/mol. The smallest absolute Gasteiger partial charge is 0.333 e. The van der Waals surface area contributed by atoms with Gasteiger partial charge in [-0.15, -0.1) is 0 Å². The molecule has 1 aliphatic rings. The number of aryl methyl sites for hydroxylation is 2. The maximum absolute atomic E-state index is 11.2. The number of nitrogens with one attached hydrogen (secondary N) is 2. The maximum atomic E-state index is 11.2. The number of nitro groups is 1. The van der Waals surface area contributed by atoms with Crippen molar-refractivity contribution in [1.82, 2.24) is 15.1 Å². The van der Waals surface area contributed by atoms with Gasteiger partial charge in [-0.25, -0.2) is 4.68 Å². The molecule has 7 heteroatoms. The molecule has 2 heterocycles. The summed E-state index contributed by atoms with van der Waals surface area (Å²) < 4.78 is 1.73. The minimum Gasteiger partial charge on any atom is -0.364 e.